The maximum Gasteiger partial charge on any atom is 0.340 e. The number of hydrogen-bond acceptors (Lipinski definition) is 5. The van der Waals surface area contributed by atoms with Crippen LogP contribution in [0.15, 0.2) is 42.5 Å². The summed E-state index contributed by atoms with van der Waals surface area (Å²) >= 11 is 0. The van der Waals surface area contributed by atoms with Crippen LogP contribution in [0.3, 0.4) is 0 Å². The van der Waals surface area contributed by atoms with E-state index >= 15 is 0 Å². The summed E-state index contributed by atoms with van der Waals surface area (Å²) in [5, 5.41) is 2.65. The molecule has 0 aliphatic carbocycles. The molecule has 1 heterocycles. The molecule has 0 saturated carbocycles. The smallest absolute Gasteiger partial charge is 0.340 e. The van der Waals surface area contributed by atoms with Crippen molar-refractivity contribution in [2.24, 2.45) is 0 Å². The monoisotopic (exact) mass is 358 g/mol. The first kappa shape index (κ1) is 17.9. The number of morpholine rings is 1. The SMILES string of the molecule is COC(=O)c1cc(N2CCOCC2)ccc1NC(=O)c1cccc(F)c1. The number of anilines is 2. The van der Waals surface area contributed by atoms with Crippen molar-refractivity contribution < 1.29 is 23.5 Å². The Morgan fingerprint density at radius 1 is 1.15 bits per heavy atom. The summed E-state index contributed by atoms with van der Waals surface area (Å²) < 4.78 is 23.5. The highest BCUT2D eigenvalue weighted by atomic mass is 19.1. The minimum atomic E-state index is -0.561. The highest BCUT2D eigenvalue weighted by molar-refractivity contribution is 6.08. The largest absolute Gasteiger partial charge is 0.465 e. The fourth-order valence-electron chi connectivity index (χ4n) is 2.76. The number of nitrogens with zero attached hydrogens (tertiary/aromatic N) is 1. The highest BCUT2D eigenvalue weighted by Gasteiger charge is 2.19. The van der Waals surface area contributed by atoms with Crippen LogP contribution in [0.5, 0.6) is 0 Å². The number of carbonyl (C=O) groups excluding carboxylic acids is 2. The fraction of sp³-hybridized carbons (Fsp3) is 0.263. The van der Waals surface area contributed by atoms with E-state index in [9.17, 15) is 14.0 Å². The molecule has 6 nitrogen and oxygen atoms in total. The second-order valence-corrected chi connectivity index (χ2v) is 5.79. The van der Waals surface area contributed by atoms with E-state index in [1.54, 1.807) is 12.1 Å². The van der Waals surface area contributed by atoms with Crippen LogP contribution in [0.4, 0.5) is 15.8 Å². The van der Waals surface area contributed by atoms with Gasteiger partial charge >= 0.3 is 5.97 Å². The number of ether oxygens (including phenoxy) is 2. The highest BCUT2D eigenvalue weighted by Crippen LogP contribution is 2.25. The zero-order valence-corrected chi connectivity index (χ0v) is 14.3. The molecule has 0 spiro atoms. The fourth-order valence-corrected chi connectivity index (χ4v) is 2.76. The van der Waals surface area contributed by atoms with Crippen LogP contribution in [0.25, 0.3) is 0 Å². The molecule has 2 aromatic carbocycles. The first-order valence-corrected chi connectivity index (χ1v) is 8.20. The van der Waals surface area contributed by atoms with Gasteiger partial charge in [-0.25, -0.2) is 9.18 Å². The van der Waals surface area contributed by atoms with Gasteiger partial charge in [-0.3, -0.25) is 4.79 Å². The lowest BCUT2D eigenvalue weighted by Crippen LogP contribution is -2.36. The standard InChI is InChI=1S/C19H19FN2O4/c1-25-19(24)16-12-15(22-7-9-26-10-8-22)5-6-17(16)21-18(23)13-3-2-4-14(20)11-13/h2-6,11-12H,7-10H2,1H3,(H,21,23). The predicted molar refractivity (Wildman–Crippen MR) is 95.2 cm³/mol. The van der Waals surface area contributed by atoms with Gasteiger partial charge in [0.2, 0.25) is 0 Å². The summed E-state index contributed by atoms with van der Waals surface area (Å²) in [5.41, 5.74) is 1.56. The van der Waals surface area contributed by atoms with E-state index in [0.29, 0.717) is 18.9 Å². The average Bonchev–Trinajstić information content (AvgIpc) is 2.68. The summed E-state index contributed by atoms with van der Waals surface area (Å²) in [7, 11) is 1.28. The van der Waals surface area contributed by atoms with Gasteiger partial charge in [-0.2, -0.15) is 0 Å². The third kappa shape index (κ3) is 4.00. The van der Waals surface area contributed by atoms with Crippen molar-refractivity contribution in [3.05, 3.63) is 59.4 Å². The van der Waals surface area contributed by atoms with Crippen LogP contribution < -0.4 is 10.2 Å². The molecule has 1 fully saturated rings. The molecule has 0 unspecified atom stereocenters. The van der Waals surface area contributed by atoms with Gasteiger partial charge in [-0.05, 0) is 36.4 Å². The molecule has 3 rings (SSSR count). The number of benzene rings is 2. The molecule has 0 aromatic heterocycles. The zero-order valence-electron chi connectivity index (χ0n) is 14.3. The van der Waals surface area contributed by atoms with E-state index in [2.05, 4.69) is 10.2 Å². The van der Waals surface area contributed by atoms with Crippen LogP contribution in [0.1, 0.15) is 20.7 Å². The second kappa shape index (κ2) is 7.97. The lowest BCUT2D eigenvalue weighted by atomic mass is 10.1. The molecule has 1 N–H and O–H groups in total. The van der Waals surface area contributed by atoms with Crippen molar-refractivity contribution in [3.8, 4) is 0 Å². The van der Waals surface area contributed by atoms with E-state index in [1.165, 1.54) is 25.3 Å². The minimum absolute atomic E-state index is 0.165. The van der Waals surface area contributed by atoms with Gasteiger partial charge in [0.05, 0.1) is 31.6 Å². The van der Waals surface area contributed by atoms with E-state index in [-0.39, 0.29) is 11.1 Å². The van der Waals surface area contributed by atoms with Gasteiger partial charge in [0.1, 0.15) is 5.82 Å². The number of esters is 1. The maximum absolute atomic E-state index is 13.3. The quantitative estimate of drug-likeness (QED) is 0.851. The third-order valence-corrected chi connectivity index (χ3v) is 4.12. The van der Waals surface area contributed by atoms with E-state index in [0.717, 1.165) is 24.8 Å². The summed E-state index contributed by atoms with van der Waals surface area (Å²) in [4.78, 5) is 26.6. The first-order chi connectivity index (χ1) is 12.6. The van der Waals surface area contributed by atoms with Crippen molar-refractivity contribution in [3.63, 3.8) is 0 Å². The Balaban J connectivity index is 1.88. The van der Waals surface area contributed by atoms with Crippen molar-refractivity contribution in [2.75, 3.05) is 43.6 Å². The van der Waals surface area contributed by atoms with Gasteiger partial charge in [-0.15, -0.1) is 0 Å². The molecule has 1 aliphatic rings. The van der Waals surface area contributed by atoms with Crippen LogP contribution in [-0.4, -0.2) is 45.3 Å². The van der Waals surface area contributed by atoms with E-state index in [1.807, 2.05) is 6.07 Å². The molecule has 0 atom stereocenters. The molecule has 136 valence electrons. The van der Waals surface area contributed by atoms with Crippen molar-refractivity contribution in [1.82, 2.24) is 0 Å². The van der Waals surface area contributed by atoms with Crippen LogP contribution >= 0.6 is 0 Å². The predicted octanol–water partition coefficient (Wildman–Crippen LogP) is 2.70. The van der Waals surface area contributed by atoms with Crippen LogP contribution in [0, 0.1) is 5.82 Å². The molecule has 7 heteroatoms. The van der Waals surface area contributed by atoms with Gasteiger partial charge in [-0.1, -0.05) is 6.07 Å². The van der Waals surface area contributed by atoms with Crippen molar-refractivity contribution in [1.29, 1.82) is 0 Å². The molecule has 26 heavy (non-hydrogen) atoms. The number of rotatable bonds is 4. The molecular formula is C19H19FN2O4. The van der Waals surface area contributed by atoms with Crippen LogP contribution in [0.2, 0.25) is 0 Å². The Morgan fingerprint density at radius 2 is 1.92 bits per heavy atom. The van der Waals surface area contributed by atoms with Gasteiger partial charge in [0.25, 0.3) is 5.91 Å². The molecular weight excluding hydrogens is 339 g/mol. The number of hydrogen-bond donors (Lipinski definition) is 1. The Hall–Kier alpha value is -2.93. The molecule has 1 amide bonds. The Bertz CT molecular complexity index is 819. The summed E-state index contributed by atoms with van der Waals surface area (Å²) in [6.45, 7) is 2.67. The lowest BCUT2D eigenvalue weighted by Gasteiger charge is -2.29. The van der Waals surface area contributed by atoms with Gasteiger partial charge < -0.3 is 19.7 Å². The number of methoxy groups -OCH3 is 1. The van der Waals surface area contributed by atoms with Gasteiger partial charge in [0, 0.05) is 24.3 Å². The Labute approximate surface area is 150 Å². The Morgan fingerprint density at radius 3 is 2.62 bits per heavy atom. The molecule has 1 aliphatic heterocycles. The number of amides is 1. The number of nitrogens with one attached hydrogen (secondary N) is 1. The molecule has 0 radical (unpaired) electrons. The van der Waals surface area contributed by atoms with E-state index in [4.69, 9.17) is 9.47 Å². The zero-order chi connectivity index (χ0) is 18.5. The topological polar surface area (TPSA) is 67.9 Å². The first-order valence-electron chi connectivity index (χ1n) is 8.20. The minimum Gasteiger partial charge on any atom is -0.465 e. The van der Waals surface area contributed by atoms with Crippen molar-refractivity contribution >= 4 is 23.3 Å². The molecule has 2 aromatic rings. The molecule has 1 saturated heterocycles. The summed E-state index contributed by atoms with van der Waals surface area (Å²) in [6, 6.07) is 10.5. The third-order valence-electron chi connectivity index (χ3n) is 4.12. The summed E-state index contributed by atoms with van der Waals surface area (Å²) in [6.07, 6.45) is 0. The normalized spacial score (nSPS) is 14.0. The Kier molecular flexibility index (Phi) is 5.48. The molecule has 0 bridgehead atoms. The average molecular weight is 358 g/mol. The number of halogens is 1. The van der Waals surface area contributed by atoms with Crippen molar-refractivity contribution in [2.45, 2.75) is 0 Å². The summed E-state index contributed by atoms with van der Waals surface area (Å²) in [5.74, 6) is -1.57. The van der Waals surface area contributed by atoms with E-state index < -0.39 is 17.7 Å². The number of carbonyl (C=O) groups is 2. The maximum atomic E-state index is 13.3. The van der Waals surface area contributed by atoms with Crippen LogP contribution in [-0.2, 0) is 9.47 Å². The van der Waals surface area contributed by atoms with Gasteiger partial charge in [0.15, 0.2) is 0 Å². The second-order valence-electron chi connectivity index (χ2n) is 5.79. The lowest BCUT2D eigenvalue weighted by molar-refractivity contribution is 0.0602.